The zero-order valence-electron chi connectivity index (χ0n) is 10.9. The van der Waals surface area contributed by atoms with Crippen molar-refractivity contribution in [3.8, 4) is 0 Å². The van der Waals surface area contributed by atoms with Crippen LogP contribution in [-0.2, 0) is 5.54 Å². The Bertz CT molecular complexity index is 369. The van der Waals surface area contributed by atoms with Gasteiger partial charge in [0.05, 0.1) is 0 Å². The molecule has 92 valence electrons. The van der Waals surface area contributed by atoms with Gasteiger partial charge in [0.25, 0.3) is 0 Å². The molecule has 0 aromatic heterocycles. The van der Waals surface area contributed by atoms with E-state index < -0.39 is 0 Å². The highest BCUT2D eigenvalue weighted by atomic mass is 15.2. The smallest absolute Gasteiger partial charge is 0.0460 e. The van der Waals surface area contributed by atoms with Gasteiger partial charge in [-0.1, -0.05) is 36.2 Å². The Labute approximate surface area is 105 Å². The van der Waals surface area contributed by atoms with Crippen LogP contribution >= 0.6 is 0 Å². The lowest BCUT2D eigenvalue weighted by molar-refractivity contribution is -0.00220. The first-order valence-corrected chi connectivity index (χ1v) is 7.13. The Morgan fingerprint density at radius 2 is 1.53 bits per heavy atom. The quantitative estimate of drug-likeness (QED) is 0.744. The van der Waals surface area contributed by atoms with Gasteiger partial charge in [-0.05, 0) is 57.7 Å². The van der Waals surface area contributed by atoms with E-state index in [9.17, 15) is 0 Å². The fraction of sp³-hybridized carbons (Fsp3) is 0.625. The van der Waals surface area contributed by atoms with E-state index >= 15 is 0 Å². The van der Waals surface area contributed by atoms with Crippen LogP contribution in [0.25, 0.3) is 0 Å². The number of likely N-dealkylation sites (tertiary alicyclic amines) is 1. The van der Waals surface area contributed by atoms with E-state index in [2.05, 4.69) is 36.1 Å². The summed E-state index contributed by atoms with van der Waals surface area (Å²) in [6.07, 6.45) is 8.37. The van der Waals surface area contributed by atoms with Crippen LogP contribution < -0.4 is 0 Å². The Hall–Kier alpha value is -0.820. The maximum atomic E-state index is 2.77. The molecule has 0 N–H and O–H groups in total. The minimum atomic E-state index is 0.411. The average Bonchev–Trinajstić information content (AvgIpc) is 2.32. The van der Waals surface area contributed by atoms with E-state index in [0.717, 1.165) is 0 Å². The van der Waals surface area contributed by atoms with Gasteiger partial charge < -0.3 is 0 Å². The molecule has 1 aliphatic carbocycles. The Morgan fingerprint density at radius 3 is 2.06 bits per heavy atom. The van der Waals surface area contributed by atoms with Crippen LogP contribution in [0.5, 0.6) is 0 Å². The molecule has 3 rings (SSSR count). The van der Waals surface area contributed by atoms with Crippen LogP contribution in [0.4, 0.5) is 0 Å². The first-order valence-electron chi connectivity index (χ1n) is 7.13. The van der Waals surface area contributed by atoms with Crippen molar-refractivity contribution in [2.24, 2.45) is 0 Å². The normalized spacial score (nSPS) is 24.3. The fourth-order valence-corrected chi connectivity index (χ4v) is 3.48. The van der Waals surface area contributed by atoms with E-state index in [4.69, 9.17) is 0 Å². The zero-order chi connectivity index (χ0) is 11.7. The summed E-state index contributed by atoms with van der Waals surface area (Å²) in [7, 11) is 0. The predicted molar refractivity (Wildman–Crippen MR) is 72.1 cm³/mol. The van der Waals surface area contributed by atoms with Gasteiger partial charge in [0.1, 0.15) is 0 Å². The van der Waals surface area contributed by atoms with Crippen molar-refractivity contribution < 1.29 is 0 Å². The van der Waals surface area contributed by atoms with Gasteiger partial charge >= 0.3 is 0 Å². The van der Waals surface area contributed by atoms with Crippen molar-refractivity contribution >= 4 is 0 Å². The molecule has 2 aliphatic rings. The molecule has 1 heteroatoms. The van der Waals surface area contributed by atoms with Gasteiger partial charge in [0, 0.05) is 5.54 Å². The fourth-order valence-electron chi connectivity index (χ4n) is 3.48. The highest BCUT2D eigenvalue weighted by molar-refractivity contribution is 5.30. The second-order valence-corrected chi connectivity index (χ2v) is 5.80. The van der Waals surface area contributed by atoms with E-state index in [1.54, 1.807) is 5.56 Å². The molecule has 2 fully saturated rings. The largest absolute Gasteiger partial charge is 0.294 e. The van der Waals surface area contributed by atoms with E-state index in [0.29, 0.717) is 5.54 Å². The van der Waals surface area contributed by atoms with Crippen molar-refractivity contribution in [3.05, 3.63) is 35.4 Å². The Morgan fingerprint density at radius 1 is 0.882 bits per heavy atom. The minimum Gasteiger partial charge on any atom is -0.294 e. The summed E-state index contributed by atoms with van der Waals surface area (Å²) in [5.41, 5.74) is 3.35. The third-order valence-electron chi connectivity index (χ3n) is 4.73. The summed E-state index contributed by atoms with van der Waals surface area (Å²) in [4.78, 5) is 2.77. The maximum absolute atomic E-state index is 2.77. The topological polar surface area (TPSA) is 3.24 Å². The summed E-state index contributed by atoms with van der Waals surface area (Å²) >= 11 is 0. The summed E-state index contributed by atoms with van der Waals surface area (Å²) in [6, 6.07) is 9.28. The molecule has 1 aromatic carbocycles. The average molecular weight is 229 g/mol. The molecule has 0 bridgehead atoms. The van der Waals surface area contributed by atoms with Gasteiger partial charge in [0.15, 0.2) is 0 Å². The van der Waals surface area contributed by atoms with Crippen molar-refractivity contribution in [3.63, 3.8) is 0 Å². The van der Waals surface area contributed by atoms with Crippen LogP contribution in [0.15, 0.2) is 24.3 Å². The van der Waals surface area contributed by atoms with Crippen molar-refractivity contribution in [2.45, 2.75) is 51.0 Å². The maximum Gasteiger partial charge on any atom is 0.0460 e. The summed E-state index contributed by atoms with van der Waals surface area (Å²) in [5.74, 6) is 0. The van der Waals surface area contributed by atoms with E-state index in [-0.39, 0.29) is 0 Å². The highest BCUT2D eigenvalue weighted by Gasteiger charge is 2.43. The monoisotopic (exact) mass is 229 g/mol. The Balaban J connectivity index is 1.87. The molecule has 0 unspecified atom stereocenters. The first-order chi connectivity index (χ1) is 8.31. The van der Waals surface area contributed by atoms with Crippen LogP contribution in [0.1, 0.15) is 49.7 Å². The summed E-state index contributed by atoms with van der Waals surface area (Å²) in [5, 5.41) is 0. The molecule has 0 atom stereocenters. The third kappa shape index (κ3) is 1.91. The lowest BCUT2D eigenvalue weighted by Gasteiger charge is -2.52. The molecule has 0 spiro atoms. The van der Waals surface area contributed by atoms with E-state index in [1.165, 1.54) is 57.2 Å². The molecular weight excluding hydrogens is 206 g/mol. The van der Waals surface area contributed by atoms with Crippen LogP contribution in [0.2, 0.25) is 0 Å². The molecular formula is C16H23N. The van der Waals surface area contributed by atoms with Crippen molar-refractivity contribution in [1.82, 2.24) is 4.90 Å². The molecule has 1 aliphatic heterocycles. The zero-order valence-corrected chi connectivity index (χ0v) is 10.9. The van der Waals surface area contributed by atoms with Crippen LogP contribution in [0.3, 0.4) is 0 Å². The van der Waals surface area contributed by atoms with E-state index in [1.807, 2.05) is 0 Å². The number of aryl methyl sites for hydroxylation is 1. The standard InChI is InChI=1S/C16H23N/c1-14-6-8-15(9-7-14)16(10-5-11-16)17-12-3-2-4-13-17/h6-9H,2-5,10-13H2,1H3. The minimum absolute atomic E-state index is 0.411. The third-order valence-corrected chi connectivity index (χ3v) is 4.73. The van der Waals surface area contributed by atoms with Crippen LogP contribution in [0, 0.1) is 6.92 Å². The molecule has 1 saturated carbocycles. The second-order valence-electron chi connectivity index (χ2n) is 5.80. The highest BCUT2D eigenvalue weighted by Crippen LogP contribution is 2.47. The molecule has 0 amide bonds. The molecule has 1 heterocycles. The number of benzene rings is 1. The number of nitrogens with zero attached hydrogens (tertiary/aromatic N) is 1. The molecule has 17 heavy (non-hydrogen) atoms. The number of piperidine rings is 1. The lowest BCUT2D eigenvalue weighted by Crippen LogP contribution is -2.52. The Kier molecular flexibility index (Phi) is 2.96. The predicted octanol–water partition coefficient (Wildman–Crippen LogP) is 3.86. The van der Waals surface area contributed by atoms with Gasteiger partial charge in [-0.25, -0.2) is 0 Å². The molecule has 1 aromatic rings. The van der Waals surface area contributed by atoms with Gasteiger partial charge in [-0.3, -0.25) is 4.90 Å². The van der Waals surface area contributed by atoms with Crippen molar-refractivity contribution in [2.75, 3.05) is 13.1 Å². The summed E-state index contributed by atoms with van der Waals surface area (Å²) in [6.45, 7) is 4.81. The second kappa shape index (κ2) is 4.45. The number of hydrogen-bond acceptors (Lipinski definition) is 1. The summed E-state index contributed by atoms with van der Waals surface area (Å²) < 4.78 is 0. The van der Waals surface area contributed by atoms with Crippen molar-refractivity contribution in [1.29, 1.82) is 0 Å². The first kappa shape index (κ1) is 11.3. The van der Waals surface area contributed by atoms with Gasteiger partial charge in [0.2, 0.25) is 0 Å². The lowest BCUT2D eigenvalue weighted by atomic mass is 9.69. The number of hydrogen-bond donors (Lipinski definition) is 0. The van der Waals surface area contributed by atoms with Gasteiger partial charge in [-0.15, -0.1) is 0 Å². The molecule has 1 nitrogen and oxygen atoms in total. The van der Waals surface area contributed by atoms with Gasteiger partial charge in [-0.2, -0.15) is 0 Å². The molecule has 1 saturated heterocycles. The van der Waals surface area contributed by atoms with Crippen LogP contribution in [-0.4, -0.2) is 18.0 Å². The SMILES string of the molecule is Cc1ccc(C2(N3CCCCC3)CCC2)cc1. The molecule has 0 radical (unpaired) electrons. The number of rotatable bonds is 2.